The van der Waals surface area contributed by atoms with Crippen LogP contribution in [0.5, 0.6) is 0 Å². The van der Waals surface area contributed by atoms with Gasteiger partial charge < -0.3 is 5.11 Å². The minimum atomic E-state index is -1.15. The van der Waals surface area contributed by atoms with Crippen LogP contribution in [-0.4, -0.2) is 20.9 Å². The largest absolute Gasteiger partial charge is 0.478 e. The van der Waals surface area contributed by atoms with Crippen molar-refractivity contribution in [2.24, 2.45) is 0 Å². The molecule has 0 fully saturated rings. The molecule has 0 spiro atoms. The van der Waals surface area contributed by atoms with Crippen LogP contribution in [0.2, 0.25) is 5.15 Å². The lowest BCUT2D eigenvalue weighted by atomic mass is 10.2. The Morgan fingerprint density at radius 3 is 2.76 bits per heavy atom. The fourth-order valence-corrected chi connectivity index (χ4v) is 1.77. The van der Waals surface area contributed by atoms with Crippen LogP contribution in [0.15, 0.2) is 24.4 Å². The summed E-state index contributed by atoms with van der Waals surface area (Å²) < 4.78 is 14.2. The van der Waals surface area contributed by atoms with Gasteiger partial charge in [0, 0.05) is 0 Å². The summed E-state index contributed by atoms with van der Waals surface area (Å²) in [6.45, 7) is 1.69. The van der Waals surface area contributed by atoms with Crippen LogP contribution in [0, 0.1) is 12.7 Å². The number of carboxylic acid groups (broad SMARTS) is 1. The lowest BCUT2D eigenvalue weighted by molar-refractivity contribution is 0.0697. The van der Waals surface area contributed by atoms with Crippen molar-refractivity contribution in [3.63, 3.8) is 0 Å². The quantitative estimate of drug-likeness (QED) is 0.896. The van der Waals surface area contributed by atoms with Crippen molar-refractivity contribution in [3.05, 3.63) is 46.5 Å². The van der Waals surface area contributed by atoms with E-state index in [1.165, 1.54) is 22.9 Å². The molecule has 0 aliphatic rings. The molecular weight excluding hydrogens is 247 g/mol. The van der Waals surface area contributed by atoms with Gasteiger partial charge in [-0.2, -0.15) is 5.10 Å². The Morgan fingerprint density at radius 1 is 1.53 bits per heavy atom. The SMILES string of the molecule is Cc1cc(F)ccc1-n1ncc(C(=O)O)c1Cl. The van der Waals surface area contributed by atoms with Crippen molar-refractivity contribution in [1.29, 1.82) is 0 Å². The van der Waals surface area contributed by atoms with Crippen LogP contribution in [0.25, 0.3) is 5.69 Å². The van der Waals surface area contributed by atoms with Crippen LogP contribution in [-0.2, 0) is 0 Å². The maximum atomic E-state index is 12.9. The first-order valence-corrected chi connectivity index (χ1v) is 5.12. The van der Waals surface area contributed by atoms with Gasteiger partial charge in [-0.25, -0.2) is 13.9 Å². The second-order valence-corrected chi connectivity index (χ2v) is 3.85. The van der Waals surface area contributed by atoms with E-state index in [0.717, 1.165) is 6.20 Å². The second kappa shape index (κ2) is 4.18. The highest BCUT2D eigenvalue weighted by Crippen LogP contribution is 2.22. The molecule has 0 atom stereocenters. The van der Waals surface area contributed by atoms with Crippen molar-refractivity contribution < 1.29 is 14.3 Å². The molecule has 0 unspecified atom stereocenters. The van der Waals surface area contributed by atoms with Crippen LogP contribution in [0.1, 0.15) is 15.9 Å². The number of hydrogen-bond donors (Lipinski definition) is 1. The molecular formula is C11H8ClFN2O2. The summed E-state index contributed by atoms with van der Waals surface area (Å²) >= 11 is 5.89. The zero-order chi connectivity index (χ0) is 12.6. The minimum absolute atomic E-state index is 0.00721. The summed E-state index contributed by atoms with van der Waals surface area (Å²) in [7, 11) is 0. The van der Waals surface area contributed by atoms with Crippen molar-refractivity contribution >= 4 is 17.6 Å². The highest BCUT2D eigenvalue weighted by atomic mass is 35.5. The van der Waals surface area contributed by atoms with E-state index in [1.807, 2.05) is 0 Å². The van der Waals surface area contributed by atoms with Gasteiger partial charge in [0.2, 0.25) is 0 Å². The molecule has 0 bridgehead atoms. The Labute approximate surface area is 101 Å². The Kier molecular flexibility index (Phi) is 2.85. The molecule has 1 N–H and O–H groups in total. The van der Waals surface area contributed by atoms with Gasteiger partial charge in [0.25, 0.3) is 0 Å². The number of carboxylic acids is 1. The first-order valence-electron chi connectivity index (χ1n) is 4.74. The number of aryl methyl sites for hydroxylation is 1. The Balaban J connectivity index is 2.57. The fraction of sp³-hybridized carbons (Fsp3) is 0.0909. The van der Waals surface area contributed by atoms with E-state index >= 15 is 0 Å². The standard InChI is InChI=1S/C11H8ClFN2O2/c1-6-4-7(13)2-3-9(6)15-10(12)8(5-14-15)11(16)17/h2-5H,1H3,(H,16,17). The molecule has 0 aliphatic heterocycles. The summed E-state index contributed by atoms with van der Waals surface area (Å²) in [6, 6.07) is 4.09. The first kappa shape index (κ1) is 11.6. The van der Waals surface area contributed by atoms with E-state index in [0.29, 0.717) is 11.3 Å². The van der Waals surface area contributed by atoms with E-state index in [2.05, 4.69) is 5.10 Å². The van der Waals surface area contributed by atoms with Crippen LogP contribution >= 0.6 is 11.6 Å². The molecule has 1 heterocycles. The van der Waals surface area contributed by atoms with E-state index in [9.17, 15) is 9.18 Å². The monoisotopic (exact) mass is 254 g/mol. The zero-order valence-corrected chi connectivity index (χ0v) is 9.57. The Morgan fingerprint density at radius 2 is 2.24 bits per heavy atom. The van der Waals surface area contributed by atoms with Gasteiger partial charge in [0.05, 0.1) is 11.9 Å². The number of aromatic carboxylic acids is 1. The van der Waals surface area contributed by atoms with Gasteiger partial charge in [0.1, 0.15) is 16.5 Å². The van der Waals surface area contributed by atoms with E-state index in [1.54, 1.807) is 6.92 Å². The number of aromatic nitrogens is 2. The van der Waals surface area contributed by atoms with Crippen LogP contribution in [0.3, 0.4) is 0 Å². The van der Waals surface area contributed by atoms with Crippen molar-refractivity contribution in [2.45, 2.75) is 6.92 Å². The smallest absolute Gasteiger partial charge is 0.340 e. The highest BCUT2D eigenvalue weighted by molar-refractivity contribution is 6.32. The van der Waals surface area contributed by atoms with Gasteiger partial charge in [-0.1, -0.05) is 11.6 Å². The maximum Gasteiger partial charge on any atom is 0.340 e. The molecule has 0 radical (unpaired) electrons. The number of rotatable bonds is 2. The Hall–Kier alpha value is -1.88. The molecule has 2 rings (SSSR count). The van der Waals surface area contributed by atoms with Gasteiger partial charge in [0.15, 0.2) is 0 Å². The molecule has 1 aromatic heterocycles. The third-order valence-corrected chi connectivity index (χ3v) is 2.69. The van der Waals surface area contributed by atoms with E-state index in [-0.39, 0.29) is 16.5 Å². The highest BCUT2D eigenvalue weighted by Gasteiger charge is 2.16. The summed E-state index contributed by atoms with van der Waals surface area (Å²) in [5, 5.41) is 12.7. The second-order valence-electron chi connectivity index (χ2n) is 3.50. The molecule has 1 aromatic carbocycles. The fourth-order valence-electron chi connectivity index (χ4n) is 1.50. The third kappa shape index (κ3) is 2.01. The number of nitrogens with zero attached hydrogens (tertiary/aromatic N) is 2. The number of hydrogen-bond acceptors (Lipinski definition) is 2. The average Bonchev–Trinajstić information content (AvgIpc) is 2.60. The molecule has 0 aliphatic carbocycles. The predicted molar refractivity (Wildman–Crippen MR) is 60.2 cm³/mol. The molecule has 0 amide bonds. The van der Waals surface area contributed by atoms with Crippen molar-refractivity contribution in [1.82, 2.24) is 9.78 Å². The van der Waals surface area contributed by atoms with E-state index in [4.69, 9.17) is 16.7 Å². The first-order chi connectivity index (χ1) is 8.00. The normalized spacial score (nSPS) is 10.5. The Bertz CT molecular complexity index is 595. The molecule has 4 nitrogen and oxygen atoms in total. The van der Waals surface area contributed by atoms with Crippen LogP contribution in [0.4, 0.5) is 4.39 Å². The van der Waals surface area contributed by atoms with Crippen LogP contribution < -0.4 is 0 Å². The lowest BCUT2D eigenvalue weighted by Gasteiger charge is -2.06. The molecule has 6 heteroatoms. The molecule has 0 saturated carbocycles. The van der Waals surface area contributed by atoms with Gasteiger partial charge in [-0.3, -0.25) is 0 Å². The summed E-state index contributed by atoms with van der Waals surface area (Å²) in [5.41, 5.74) is 1.08. The predicted octanol–water partition coefficient (Wildman–Crippen LogP) is 2.67. The topological polar surface area (TPSA) is 55.1 Å². The number of benzene rings is 1. The third-order valence-electron chi connectivity index (χ3n) is 2.33. The van der Waals surface area contributed by atoms with E-state index < -0.39 is 5.97 Å². The lowest BCUT2D eigenvalue weighted by Crippen LogP contribution is -2.01. The number of carbonyl (C=O) groups is 1. The molecule has 2 aromatic rings. The van der Waals surface area contributed by atoms with Gasteiger partial charge in [-0.15, -0.1) is 0 Å². The van der Waals surface area contributed by atoms with Crippen molar-refractivity contribution in [3.8, 4) is 5.69 Å². The summed E-state index contributed by atoms with van der Waals surface area (Å²) in [4.78, 5) is 10.8. The molecule has 0 saturated heterocycles. The zero-order valence-electron chi connectivity index (χ0n) is 8.82. The summed E-state index contributed by atoms with van der Waals surface area (Å²) in [6.07, 6.45) is 1.16. The van der Waals surface area contributed by atoms with Crippen molar-refractivity contribution in [2.75, 3.05) is 0 Å². The van der Waals surface area contributed by atoms with Gasteiger partial charge in [-0.05, 0) is 30.7 Å². The summed E-state index contributed by atoms with van der Waals surface area (Å²) in [5.74, 6) is -1.52. The molecule has 88 valence electrons. The molecule has 17 heavy (non-hydrogen) atoms. The van der Waals surface area contributed by atoms with Gasteiger partial charge >= 0.3 is 5.97 Å². The minimum Gasteiger partial charge on any atom is -0.478 e. The average molecular weight is 255 g/mol. The number of halogens is 2. The maximum absolute atomic E-state index is 12.9.